The summed E-state index contributed by atoms with van der Waals surface area (Å²) in [7, 11) is 0. The smallest absolute Gasteiger partial charge is 0.353 e. The van der Waals surface area contributed by atoms with Crippen molar-refractivity contribution in [1.29, 1.82) is 0 Å². The van der Waals surface area contributed by atoms with E-state index in [0.717, 1.165) is 19.0 Å². The molecule has 3 rings (SSSR count). The number of hydrazine groups is 1. The molecule has 2 aliphatic rings. The van der Waals surface area contributed by atoms with Gasteiger partial charge in [-0.2, -0.15) is 13.2 Å². The molecule has 2 fully saturated rings. The zero-order valence-corrected chi connectivity index (χ0v) is 12.5. The number of piperazine rings is 1. The highest BCUT2D eigenvalue weighted by molar-refractivity contribution is 5.84. The molecule has 2 aliphatic heterocycles. The molecule has 2 saturated heterocycles. The van der Waals surface area contributed by atoms with Crippen LogP contribution in [0, 0.1) is 0 Å². The van der Waals surface area contributed by atoms with Gasteiger partial charge < -0.3 is 5.32 Å². The fourth-order valence-corrected chi connectivity index (χ4v) is 3.20. The van der Waals surface area contributed by atoms with Crippen LogP contribution in [0.15, 0.2) is 24.3 Å². The van der Waals surface area contributed by atoms with Crippen LogP contribution < -0.4 is 16.2 Å². The van der Waals surface area contributed by atoms with Gasteiger partial charge in [-0.1, -0.05) is 18.2 Å². The standard InChI is InChI=1S/C15H19F3N4O/c16-15(17,18)12-4-2-1-3-11(12)13-14(23)19-7-8-22(13)9-10-5-6-20-21-10/h1-4,10,13,20-21H,5-9H2,(H,19,23). The van der Waals surface area contributed by atoms with E-state index < -0.39 is 17.8 Å². The maximum Gasteiger partial charge on any atom is 0.416 e. The van der Waals surface area contributed by atoms with Gasteiger partial charge in [0, 0.05) is 32.2 Å². The number of rotatable bonds is 3. The predicted octanol–water partition coefficient (Wildman–Crippen LogP) is 1.04. The summed E-state index contributed by atoms with van der Waals surface area (Å²) >= 11 is 0. The molecule has 23 heavy (non-hydrogen) atoms. The molecule has 0 bridgehead atoms. The van der Waals surface area contributed by atoms with Crippen LogP contribution in [0.25, 0.3) is 0 Å². The van der Waals surface area contributed by atoms with Crippen molar-refractivity contribution in [2.24, 2.45) is 0 Å². The van der Waals surface area contributed by atoms with Gasteiger partial charge in [0.15, 0.2) is 0 Å². The Morgan fingerprint density at radius 2 is 2.00 bits per heavy atom. The number of benzene rings is 1. The van der Waals surface area contributed by atoms with Crippen molar-refractivity contribution in [3.8, 4) is 0 Å². The van der Waals surface area contributed by atoms with Gasteiger partial charge in [0.05, 0.1) is 5.56 Å². The van der Waals surface area contributed by atoms with Crippen molar-refractivity contribution < 1.29 is 18.0 Å². The lowest BCUT2D eigenvalue weighted by Crippen LogP contribution is -2.53. The van der Waals surface area contributed by atoms with E-state index in [2.05, 4.69) is 16.2 Å². The van der Waals surface area contributed by atoms with Crippen LogP contribution in [-0.2, 0) is 11.0 Å². The number of nitrogens with zero attached hydrogens (tertiary/aromatic N) is 1. The van der Waals surface area contributed by atoms with Crippen LogP contribution in [0.5, 0.6) is 0 Å². The highest BCUT2D eigenvalue weighted by atomic mass is 19.4. The van der Waals surface area contributed by atoms with Crippen LogP contribution in [0.2, 0.25) is 0 Å². The lowest BCUT2D eigenvalue weighted by Gasteiger charge is -2.37. The first-order valence-corrected chi connectivity index (χ1v) is 7.63. The fraction of sp³-hybridized carbons (Fsp3) is 0.533. The summed E-state index contributed by atoms with van der Waals surface area (Å²) < 4.78 is 39.9. The second-order valence-electron chi connectivity index (χ2n) is 5.83. The van der Waals surface area contributed by atoms with E-state index in [4.69, 9.17) is 0 Å². The molecule has 126 valence electrons. The molecule has 2 unspecified atom stereocenters. The number of carbonyl (C=O) groups is 1. The van der Waals surface area contributed by atoms with Gasteiger partial charge in [0.25, 0.3) is 0 Å². The number of amides is 1. The van der Waals surface area contributed by atoms with Gasteiger partial charge in [0.2, 0.25) is 5.91 Å². The third kappa shape index (κ3) is 3.49. The van der Waals surface area contributed by atoms with E-state index in [1.165, 1.54) is 12.1 Å². The summed E-state index contributed by atoms with van der Waals surface area (Å²) in [6.07, 6.45) is -3.60. The monoisotopic (exact) mass is 328 g/mol. The van der Waals surface area contributed by atoms with Gasteiger partial charge in [-0.25, -0.2) is 0 Å². The van der Waals surface area contributed by atoms with E-state index in [0.29, 0.717) is 19.6 Å². The molecule has 1 aromatic carbocycles. The molecule has 0 spiro atoms. The van der Waals surface area contributed by atoms with Crippen LogP contribution >= 0.6 is 0 Å². The summed E-state index contributed by atoms with van der Waals surface area (Å²) in [5.41, 5.74) is 5.37. The molecule has 1 aromatic rings. The molecule has 3 N–H and O–H groups in total. The Hall–Kier alpha value is -1.64. The summed E-state index contributed by atoms with van der Waals surface area (Å²) in [4.78, 5) is 14.1. The highest BCUT2D eigenvalue weighted by Gasteiger charge is 2.40. The Bertz CT molecular complexity index is 572. The zero-order chi connectivity index (χ0) is 16.4. The van der Waals surface area contributed by atoms with Gasteiger partial charge >= 0.3 is 6.18 Å². The molecule has 1 amide bonds. The minimum Gasteiger partial charge on any atom is -0.353 e. The Kier molecular flexibility index (Phi) is 4.56. The zero-order valence-electron chi connectivity index (χ0n) is 12.5. The lowest BCUT2D eigenvalue weighted by atomic mass is 9.96. The topological polar surface area (TPSA) is 56.4 Å². The normalized spacial score (nSPS) is 26.3. The SMILES string of the molecule is O=C1NCCN(CC2CCNN2)C1c1ccccc1C(F)(F)F. The molecular formula is C15H19F3N4O. The molecule has 0 aromatic heterocycles. The third-order valence-corrected chi connectivity index (χ3v) is 4.25. The van der Waals surface area contributed by atoms with Crippen molar-refractivity contribution in [3.05, 3.63) is 35.4 Å². The first-order valence-electron chi connectivity index (χ1n) is 7.63. The summed E-state index contributed by atoms with van der Waals surface area (Å²) in [6, 6.07) is 4.53. The van der Waals surface area contributed by atoms with Gasteiger partial charge in [-0.15, -0.1) is 0 Å². The molecule has 5 nitrogen and oxygen atoms in total. The Morgan fingerprint density at radius 1 is 1.22 bits per heavy atom. The maximum absolute atomic E-state index is 13.3. The highest BCUT2D eigenvalue weighted by Crippen LogP contribution is 2.37. The minimum atomic E-state index is -4.48. The number of hydrogen-bond acceptors (Lipinski definition) is 4. The van der Waals surface area contributed by atoms with Crippen molar-refractivity contribution in [2.45, 2.75) is 24.7 Å². The van der Waals surface area contributed by atoms with Crippen molar-refractivity contribution >= 4 is 5.91 Å². The van der Waals surface area contributed by atoms with Crippen LogP contribution in [0.1, 0.15) is 23.6 Å². The van der Waals surface area contributed by atoms with E-state index in [1.54, 1.807) is 6.07 Å². The average molecular weight is 328 g/mol. The van der Waals surface area contributed by atoms with E-state index in [1.807, 2.05) is 4.90 Å². The first kappa shape index (κ1) is 16.2. The fourth-order valence-electron chi connectivity index (χ4n) is 3.20. The molecule has 0 saturated carbocycles. The van der Waals surface area contributed by atoms with E-state index >= 15 is 0 Å². The molecular weight excluding hydrogens is 309 g/mol. The molecule has 8 heteroatoms. The van der Waals surface area contributed by atoms with Crippen molar-refractivity contribution in [1.82, 2.24) is 21.1 Å². The predicted molar refractivity (Wildman–Crippen MR) is 78.3 cm³/mol. The first-order chi connectivity index (χ1) is 11.0. The van der Waals surface area contributed by atoms with Crippen molar-refractivity contribution in [3.63, 3.8) is 0 Å². The molecule has 2 heterocycles. The van der Waals surface area contributed by atoms with Crippen LogP contribution in [-0.4, -0.2) is 43.0 Å². The number of alkyl halides is 3. The third-order valence-electron chi connectivity index (χ3n) is 4.25. The van der Waals surface area contributed by atoms with Gasteiger partial charge in [0.1, 0.15) is 6.04 Å². The molecule has 2 atom stereocenters. The average Bonchev–Trinajstić information content (AvgIpc) is 3.00. The Labute approximate surface area is 132 Å². The number of halogens is 3. The minimum absolute atomic E-state index is 0.0168. The van der Waals surface area contributed by atoms with Gasteiger partial charge in [-0.3, -0.25) is 20.5 Å². The van der Waals surface area contributed by atoms with E-state index in [9.17, 15) is 18.0 Å². The maximum atomic E-state index is 13.3. The number of hydrogen-bond donors (Lipinski definition) is 3. The van der Waals surface area contributed by atoms with Crippen LogP contribution in [0.3, 0.4) is 0 Å². The molecule has 0 radical (unpaired) electrons. The second kappa shape index (κ2) is 6.46. The van der Waals surface area contributed by atoms with E-state index in [-0.39, 0.29) is 17.5 Å². The lowest BCUT2D eigenvalue weighted by molar-refractivity contribution is -0.140. The quantitative estimate of drug-likeness (QED) is 0.776. The summed E-state index contributed by atoms with van der Waals surface area (Å²) in [5.74, 6) is -0.376. The Morgan fingerprint density at radius 3 is 2.70 bits per heavy atom. The van der Waals surface area contributed by atoms with Gasteiger partial charge in [-0.05, 0) is 18.1 Å². The van der Waals surface area contributed by atoms with Crippen LogP contribution in [0.4, 0.5) is 13.2 Å². The Balaban J connectivity index is 1.91. The number of carbonyl (C=O) groups excluding carboxylic acids is 1. The molecule has 0 aliphatic carbocycles. The number of nitrogens with one attached hydrogen (secondary N) is 3. The second-order valence-corrected chi connectivity index (χ2v) is 5.83. The summed E-state index contributed by atoms with van der Waals surface area (Å²) in [6.45, 7) is 2.32. The largest absolute Gasteiger partial charge is 0.416 e. The summed E-state index contributed by atoms with van der Waals surface area (Å²) in [5, 5.41) is 2.68. The van der Waals surface area contributed by atoms with Crippen molar-refractivity contribution in [2.75, 3.05) is 26.2 Å².